The molecule has 0 unspecified atom stereocenters. The van der Waals surface area contributed by atoms with Gasteiger partial charge in [0.25, 0.3) is 0 Å². The molecule has 8 heteroatoms. The molecule has 0 amide bonds. The summed E-state index contributed by atoms with van der Waals surface area (Å²) in [5.41, 5.74) is -2.42. The number of thiol groups is 2. The molecule has 0 atom stereocenters. The Kier molecular flexibility index (Phi) is 5.27. The Morgan fingerprint density at radius 3 is 1.31 bits per heavy atom. The number of hydrogen-bond donors (Lipinski definition) is 2. The summed E-state index contributed by atoms with van der Waals surface area (Å²) >= 11 is 6.76. The molecular weight excluding hydrogens is 252 g/mol. The molecule has 0 bridgehead atoms. The van der Waals surface area contributed by atoms with Gasteiger partial charge in [0.1, 0.15) is 0 Å². The number of nitrogens with zero attached hydrogens (tertiary/aromatic N) is 2. The minimum atomic E-state index is -1.21. The van der Waals surface area contributed by atoms with Crippen molar-refractivity contribution in [2.45, 2.75) is 38.8 Å². The Morgan fingerprint density at radius 1 is 0.875 bits per heavy atom. The van der Waals surface area contributed by atoms with E-state index in [-0.39, 0.29) is 0 Å². The van der Waals surface area contributed by atoms with Crippen LogP contribution in [0.2, 0.25) is 0 Å². The lowest BCUT2D eigenvalue weighted by Gasteiger charge is -2.18. The summed E-state index contributed by atoms with van der Waals surface area (Å²) in [7, 11) is 0. The maximum atomic E-state index is 11.2. The Balaban J connectivity index is 4.84. The highest BCUT2D eigenvalue weighted by molar-refractivity contribution is 7.75. The first-order valence-electron chi connectivity index (χ1n) is 4.33. The first kappa shape index (κ1) is 15.2. The van der Waals surface area contributed by atoms with Crippen molar-refractivity contribution in [3.8, 4) is 0 Å². The molecule has 6 nitrogen and oxygen atoms in total. The van der Waals surface area contributed by atoms with Gasteiger partial charge in [-0.05, 0) is 27.7 Å². The quantitative estimate of drug-likeness (QED) is 0.462. The van der Waals surface area contributed by atoms with Crippen LogP contribution in [0.1, 0.15) is 27.7 Å². The predicted octanol–water partition coefficient (Wildman–Crippen LogP) is 1.77. The molecule has 0 aromatic carbocycles. The predicted molar refractivity (Wildman–Crippen MR) is 63.2 cm³/mol. The van der Waals surface area contributed by atoms with Gasteiger partial charge in [-0.2, -0.15) is 10.2 Å². The van der Waals surface area contributed by atoms with Gasteiger partial charge in [0, 0.05) is 25.8 Å². The Morgan fingerprint density at radius 2 is 1.12 bits per heavy atom. The van der Waals surface area contributed by atoms with E-state index in [1.165, 1.54) is 27.7 Å². The third kappa shape index (κ3) is 4.01. The van der Waals surface area contributed by atoms with Crippen molar-refractivity contribution < 1.29 is 18.0 Å². The van der Waals surface area contributed by atoms with Gasteiger partial charge in [0.15, 0.2) is 11.1 Å². The monoisotopic (exact) mass is 266 g/mol. The second-order valence-corrected chi connectivity index (χ2v) is 4.44. The van der Waals surface area contributed by atoms with Gasteiger partial charge in [-0.25, -0.2) is 9.59 Å². The fraction of sp³-hybridized carbons (Fsp3) is 0.750. The van der Waals surface area contributed by atoms with Crippen molar-refractivity contribution in [3.63, 3.8) is 0 Å². The zero-order valence-corrected chi connectivity index (χ0v) is 11.2. The maximum Gasteiger partial charge on any atom is 0.347 e. The van der Waals surface area contributed by atoms with Crippen LogP contribution in [0.25, 0.3) is 0 Å². The SMILES string of the molecule is CC(C)(N=NC(C)(C)C(=O)OS)C(=O)OS. The van der Waals surface area contributed by atoms with Crippen LogP contribution in [0.15, 0.2) is 10.2 Å². The van der Waals surface area contributed by atoms with Crippen molar-refractivity contribution in [1.29, 1.82) is 0 Å². The topological polar surface area (TPSA) is 77.3 Å². The Bertz CT molecular complexity index is 285. The Labute approximate surface area is 105 Å². The number of carbonyl (C=O) groups is 2. The first-order chi connectivity index (χ1) is 7.17. The molecule has 0 fully saturated rings. The van der Waals surface area contributed by atoms with Crippen molar-refractivity contribution in [1.82, 2.24) is 0 Å². The van der Waals surface area contributed by atoms with E-state index in [9.17, 15) is 9.59 Å². The van der Waals surface area contributed by atoms with Gasteiger partial charge in [-0.1, -0.05) is 0 Å². The minimum absolute atomic E-state index is 0.672. The van der Waals surface area contributed by atoms with E-state index in [2.05, 4.69) is 44.4 Å². The summed E-state index contributed by atoms with van der Waals surface area (Å²) in [5.74, 6) is -1.34. The van der Waals surface area contributed by atoms with E-state index in [1.807, 2.05) is 0 Å². The summed E-state index contributed by atoms with van der Waals surface area (Å²) in [5, 5.41) is 7.47. The molecule has 0 N–H and O–H groups in total. The van der Waals surface area contributed by atoms with Crippen LogP contribution in [0.3, 0.4) is 0 Å². The number of carbonyl (C=O) groups excluding carboxylic acids is 2. The van der Waals surface area contributed by atoms with E-state index < -0.39 is 23.0 Å². The van der Waals surface area contributed by atoms with E-state index in [4.69, 9.17) is 0 Å². The standard InChI is InChI=1S/C8H14N2O4S2/c1-7(2,5(11)13-15)9-10-8(3,4)6(12)14-16/h15-16H,1-4H3. The number of hydrogen-bond acceptors (Lipinski definition) is 8. The highest BCUT2D eigenvalue weighted by atomic mass is 32.1. The fourth-order valence-corrected chi connectivity index (χ4v) is 1.00. The van der Waals surface area contributed by atoms with Gasteiger partial charge >= 0.3 is 11.9 Å². The molecule has 92 valence electrons. The van der Waals surface area contributed by atoms with Gasteiger partial charge < -0.3 is 8.37 Å². The zero-order valence-electron chi connectivity index (χ0n) is 9.42. The normalized spacial score (nSPS) is 12.6. The molecule has 0 saturated heterocycles. The molecule has 0 aliphatic carbocycles. The zero-order chi connectivity index (χ0) is 13.0. The molecule has 0 aliphatic rings. The van der Waals surface area contributed by atoms with Crippen molar-refractivity contribution in [2.75, 3.05) is 0 Å². The van der Waals surface area contributed by atoms with Gasteiger partial charge in [-0.3, -0.25) is 0 Å². The van der Waals surface area contributed by atoms with Crippen molar-refractivity contribution in [3.05, 3.63) is 0 Å². The largest absolute Gasteiger partial charge is 0.393 e. The smallest absolute Gasteiger partial charge is 0.347 e. The van der Waals surface area contributed by atoms with E-state index >= 15 is 0 Å². The molecule has 0 aromatic rings. The maximum absolute atomic E-state index is 11.2. The lowest BCUT2D eigenvalue weighted by atomic mass is 10.1. The third-order valence-electron chi connectivity index (χ3n) is 1.71. The second-order valence-electron chi connectivity index (χ2n) is 4.08. The molecule has 0 aliphatic heterocycles. The summed E-state index contributed by atoms with van der Waals surface area (Å²) in [4.78, 5) is 22.4. The molecule has 0 heterocycles. The van der Waals surface area contributed by atoms with Crippen LogP contribution in [0, 0.1) is 0 Å². The average Bonchev–Trinajstić information content (AvgIpc) is 2.24. The van der Waals surface area contributed by atoms with Crippen LogP contribution < -0.4 is 0 Å². The average molecular weight is 266 g/mol. The third-order valence-corrected chi connectivity index (χ3v) is 2.05. The first-order valence-corrected chi connectivity index (χ1v) is 5.06. The summed E-state index contributed by atoms with van der Waals surface area (Å²) in [6.07, 6.45) is 0. The van der Waals surface area contributed by atoms with Gasteiger partial charge in [0.05, 0.1) is 0 Å². The van der Waals surface area contributed by atoms with E-state index in [1.54, 1.807) is 0 Å². The molecule has 0 aromatic heterocycles. The fourth-order valence-electron chi connectivity index (χ4n) is 0.555. The van der Waals surface area contributed by atoms with Gasteiger partial charge in [0.2, 0.25) is 0 Å². The molecular formula is C8H14N2O4S2. The Hall–Kier alpha value is -0.760. The van der Waals surface area contributed by atoms with E-state index in [0.29, 0.717) is 0 Å². The minimum Gasteiger partial charge on any atom is -0.393 e. The summed E-state index contributed by atoms with van der Waals surface area (Å²) < 4.78 is 8.48. The lowest BCUT2D eigenvalue weighted by Crippen LogP contribution is -2.33. The van der Waals surface area contributed by atoms with E-state index in [0.717, 1.165) is 0 Å². The summed E-state index contributed by atoms with van der Waals surface area (Å²) in [6.45, 7) is 5.93. The highest BCUT2D eigenvalue weighted by Gasteiger charge is 2.33. The molecule has 0 radical (unpaired) electrons. The molecule has 0 rings (SSSR count). The van der Waals surface area contributed by atoms with Crippen molar-refractivity contribution in [2.24, 2.45) is 10.2 Å². The summed E-state index contributed by atoms with van der Waals surface area (Å²) in [6, 6.07) is 0. The van der Waals surface area contributed by atoms with Crippen LogP contribution in [0.4, 0.5) is 0 Å². The highest BCUT2D eigenvalue weighted by Crippen LogP contribution is 2.19. The van der Waals surface area contributed by atoms with Crippen LogP contribution in [-0.2, 0) is 18.0 Å². The van der Waals surface area contributed by atoms with Crippen molar-refractivity contribution >= 4 is 37.8 Å². The molecule has 0 saturated carbocycles. The molecule has 0 spiro atoms. The van der Waals surface area contributed by atoms with Crippen LogP contribution in [0.5, 0.6) is 0 Å². The van der Waals surface area contributed by atoms with Crippen LogP contribution >= 0.6 is 25.8 Å². The number of rotatable bonds is 4. The lowest BCUT2D eigenvalue weighted by molar-refractivity contribution is -0.139. The van der Waals surface area contributed by atoms with Crippen LogP contribution in [-0.4, -0.2) is 23.0 Å². The molecule has 16 heavy (non-hydrogen) atoms. The van der Waals surface area contributed by atoms with Gasteiger partial charge in [-0.15, -0.1) is 0 Å². The number of azo groups is 1. The second kappa shape index (κ2) is 5.53.